The molecule has 162 valence electrons. The fraction of sp³-hybridized carbons (Fsp3) is 0.476. The number of aryl methyl sites for hydroxylation is 1. The molecule has 9 heteroatoms. The molecule has 3 rings (SSSR count). The van der Waals surface area contributed by atoms with Gasteiger partial charge in [-0.3, -0.25) is 4.79 Å². The van der Waals surface area contributed by atoms with Gasteiger partial charge >= 0.3 is 6.18 Å². The van der Waals surface area contributed by atoms with Crippen LogP contribution in [0.1, 0.15) is 23.7 Å². The average Bonchev–Trinajstić information content (AvgIpc) is 2.73. The number of methoxy groups -OCH3 is 1. The lowest BCUT2D eigenvalue weighted by atomic mass is 10.1. The van der Waals surface area contributed by atoms with Crippen molar-refractivity contribution in [2.75, 3.05) is 44.8 Å². The Morgan fingerprint density at radius 3 is 2.27 bits per heavy atom. The van der Waals surface area contributed by atoms with Crippen molar-refractivity contribution in [3.05, 3.63) is 41.1 Å². The number of ether oxygens (including phenoxy) is 1. The van der Waals surface area contributed by atoms with Crippen LogP contribution in [0.2, 0.25) is 0 Å². The molecular weight excluding hydrogens is 397 g/mol. The van der Waals surface area contributed by atoms with Crippen LogP contribution in [0.5, 0.6) is 0 Å². The zero-order chi connectivity index (χ0) is 21.9. The summed E-state index contributed by atoms with van der Waals surface area (Å²) >= 11 is 0. The summed E-state index contributed by atoms with van der Waals surface area (Å²) < 4.78 is 43.5. The van der Waals surface area contributed by atoms with Crippen LogP contribution in [0.25, 0.3) is 11.4 Å². The quantitative estimate of drug-likeness (QED) is 0.740. The maximum atomic E-state index is 12.9. The summed E-state index contributed by atoms with van der Waals surface area (Å²) in [4.78, 5) is 25.1. The van der Waals surface area contributed by atoms with Crippen LogP contribution >= 0.6 is 0 Å². The van der Waals surface area contributed by atoms with Gasteiger partial charge in [-0.15, -0.1) is 0 Å². The normalized spacial score (nSPS) is 14.9. The van der Waals surface area contributed by atoms with Crippen molar-refractivity contribution in [3.63, 3.8) is 0 Å². The number of amides is 1. The minimum absolute atomic E-state index is 0.0443. The molecule has 6 nitrogen and oxygen atoms in total. The van der Waals surface area contributed by atoms with Gasteiger partial charge in [0.1, 0.15) is 12.4 Å². The third kappa shape index (κ3) is 4.72. The number of hydrogen-bond acceptors (Lipinski definition) is 5. The molecule has 0 N–H and O–H groups in total. The average molecular weight is 422 g/mol. The molecule has 0 aliphatic carbocycles. The van der Waals surface area contributed by atoms with E-state index >= 15 is 0 Å². The van der Waals surface area contributed by atoms with Crippen LogP contribution in [0.4, 0.5) is 19.0 Å². The van der Waals surface area contributed by atoms with E-state index in [0.29, 0.717) is 37.6 Å². The Morgan fingerprint density at radius 2 is 1.73 bits per heavy atom. The standard InChI is InChI=1S/C21H25F3N4O2/c1-4-17-14(2)25-19(15-5-7-16(8-6-15)21(22,23)24)26-20(17)28-11-9-27(10-12-28)18(29)13-30-3/h5-8H,4,9-13H2,1-3H3. The molecule has 1 amide bonds. The lowest BCUT2D eigenvalue weighted by Crippen LogP contribution is -2.50. The van der Waals surface area contributed by atoms with Gasteiger partial charge in [-0.25, -0.2) is 9.97 Å². The first-order valence-electron chi connectivity index (χ1n) is 9.81. The molecule has 1 saturated heterocycles. The third-order valence-corrected chi connectivity index (χ3v) is 5.22. The molecule has 1 aliphatic rings. The van der Waals surface area contributed by atoms with Gasteiger partial charge in [0.15, 0.2) is 5.82 Å². The second-order valence-corrected chi connectivity index (χ2v) is 7.16. The number of benzene rings is 1. The number of piperazine rings is 1. The van der Waals surface area contributed by atoms with Crippen LogP contribution in [0.15, 0.2) is 24.3 Å². The lowest BCUT2D eigenvalue weighted by molar-refractivity contribution is -0.137. The zero-order valence-electron chi connectivity index (χ0n) is 17.3. The van der Waals surface area contributed by atoms with E-state index in [1.165, 1.54) is 19.2 Å². The van der Waals surface area contributed by atoms with Gasteiger partial charge in [0.25, 0.3) is 0 Å². The van der Waals surface area contributed by atoms with E-state index in [9.17, 15) is 18.0 Å². The summed E-state index contributed by atoms with van der Waals surface area (Å²) in [7, 11) is 1.49. The predicted octanol–water partition coefficient (Wildman–Crippen LogP) is 3.33. The van der Waals surface area contributed by atoms with Gasteiger partial charge < -0.3 is 14.5 Å². The Kier molecular flexibility index (Phi) is 6.60. The van der Waals surface area contributed by atoms with Crippen LogP contribution in [-0.4, -0.2) is 60.7 Å². The number of halogens is 3. The highest BCUT2D eigenvalue weighted by atomic mass is 19.4. The fourth-order valence-corrected chi connectivity index (χ4v) is 3.58. The summed E-state index contributed by atoms with van der Waals surface area (Å²) in [5.74, 6) is 1.13. The number of nitrogens with zero attached hydrogens (tertiary/aromatic N) is 4. The predicted molar refractivity (Wildman–Crippen MR) is 107 cm³/mol. The van der Waals surface area contributed by atoms with Crippen molar-refractivity contribution < 1.29 is 22.7 Å². The Bertz CT molecular complexity index is 892. The van der Waals surface area contributed by atoms with E-state index in [1.54, 1.807) is 4.90 Å². The van der Waals surface area contributed by atoms with E-state index in [0.717, 1.165) is 35.6 Å². The zero-order valence-corrected chi connectivity index (χ0v) is 17.3. The molecule has 30 heavy (non-hydrogen) atoms. The van der Waals surface area contributed by atoms with E-state index < -0.39 is 11.7 Å². The number of alkyl halides is 3. The van der Waals surface area contributed by atoms with E-state index in [4.69, 9.17) is 9.72 Å². The van der Waals surface area contributed by atoms with Gasteiger partial charge in [-0.1, -0.05) is 19.1 Å². The molecule has 0 atom stereocenters. The second-order valence-electron chi connectivity index (χ2n) is 7.16. The van der Waals surface area contributed by atoms with Crippen molar-refractivity contribution in [2.24, 2.45) is 0 Å². The van der Waals surface area contributed by atoms with Gasteiger partial charge in [-0.05, 0) is 25.5 Å². The molecule has 0 bridgehead atoms. The third-order valence-electron chi connectivity index (χ3n) is 5.22. The first kappa shape index (κ1) is 22.0. The molecule has 1 fully saturated rings. The minimum Gasteiger partial charge on any atom is -0.375 e. The Labute approximate surface area is 173 Å². The van der Waals surface area contributed by atoms with Crippen LogP contribution in [-0.2, 0) is 22.1 Å². The van der Waals surface area contributed by atoms with Crippen molar-refractivity contribution in [1.82, 2.24) is 14.9 Å². The van der Waals surface area contributed by atoms with Crippen LogP contribution in [0, 0.1) is 6.92 Å². The minimum atomic E-state index is -4.38. The molecule has 1 aliphatic heterocycles. The largest absolute Gasteiger partial charge is 0.416 e. The van der Waals surface area contributed by atoms with Crippen molar-refractivity contribution >= 4 is 11.7 Å². The first-order chi connectivity index (χ1) is 14.2. The van der Waals surface area contributed by atoms with Crippen molar-refractivity contribution in [3.8, 4) is 11.4 Å². The molecule has 0 radical (unpaired) electrons. The number of carbonyl (C=O) groups is 1. The number of anilines is 1. The topological polar surface area (TPSA) is 58.6 Å². The molecule has 0 spiro atoms. The Morgan fingerprint density at radius 1 is 1.10 bits per heavy atom. The first-order valence-corrected chi connectivity index (χ1v) is 9.81. The number of aromatic nitrogens is 2. The summed E-state index contributed by atoms with van der Waals surface area (Å²) in [6.45, 7) is 6.32. The summed E-state index contributed by atoms with van der Waals surface area (Å²) in [5.41, 5.74) is 1.63. The van der Waals surface area contributed by atoms with E-state index in [2.05, 4.69) is 9.88 Å². The Balaban J connectivity index is 1.87. The van der Waals surface area contributed by atoms with Crippen LogP contribution in [0.3, 0.4) is 0 Å². The highest BCUT2D eigenvalue weighted by Crippen LogP contribution is 2.31. The monoisotopic (exact) mass is 422 g/mol. The van der Waals surface area contributed by atoms with Crippen molar-refractivity contribution in [2.45, 2.75) is 26.4 Å². The molecule has 1 aromatic heterocycles. The highest BCUT2D eigenvalue weighted by molar-refractivity contribution is 5.77. The highest BCUT2D eigenvalue weighted by Gasteiger charge is 2.30. The number of rotatable bonds is 5. The SMILES string of the molecule is CCc1c(C)nc(-c2ccc(C(F)(F)F)cc2)nc1N1CCN(C(=O)COC)CC1. The van der Waals surface area contributed by atoms with Gasteiger partial charge in [0.05, 0.1) is 5.56 Å². The molecule has 2 aromatic rings. The van der Waals surface area contributed by atoms with Crippen LogP contribution < -0.4 is 4.90 Å². The fourth-order valence-electron chi connectivity index (χ4n) is 3.58. The molecule has 2 heterocycles. The summed E-state index contributed by atoms with van der Waals surface area (Å²) in [6.07, 6.45) is -3.65. The maximum Gasteiger partial charge on any atom is 0.416 e. The molecule has 0 saturated carbocycles. The summed E-state index contributed by atoms with van der Waals surface area (Å²) in [5, 5.41) is 0. The second kappa shape index (κ2) is 8.99. The smallest absolute Gasteiger partial charge is 0.375 e. The lowest BCUT2D eigenvalue weighted by Gasteiger charge is -2.36. The van der Waals surface area contributed by atoms with E-state index in [1.807, 2.05) is 13.8 Å². The number of hydrogen-bond donors (Lipinski definition) is 0. The maximum absolute atomic E-state index is 12.9. The van der Waals surface area contributed by atoms with Gasteiger partial charge in [0.2, 0.25) is 5.91 Å². The molecular formula is C21H25F3N4O2. The van der Waals surface area contributed by atoms with Crippen molar-refractivity contribution in [1.29, 1.82) is 0 Å². The van der Waals surface area contributed by atoms with Gasteiger partial charge in [-0.2, -0.15) is 13.2 Å². The van der Waals surface area contributed by atoms with E-state index in [-0.39, 0.29) is 12.5 Å². The molecule has 0 unspecified atom stereocenters. The number of carbonyl (C=O) groups excluding carboxylic acids is 1. The Hall–Kier alpha value is -2.68. The summed E-state index contributed by atoms with van der Waals surface area (Å²) in [6, 6.07) is 4.88. The molecule has 1 aromatic carbocycles. The van der Waals surface area contributed by atoms with Gasteiger partial charge in [0, 0.05) is 50.1 Å².